The Morgan fingerprint density at radius 2 is 2.00 bits per heavy atom. The fourth-order valence-electron chi connectivity index (χ4n) is 3.09. The summed E-state index contributed by atoms with van der Waals surface area (Å²) in [6, 6.07) is 4.41. The van der Waals surface area contributed by atoms with Gasteiger partial charge in [-0.3, -0.25) is 4.79 Å². The zero-order valence-corrected chi connectivity index (χ0v) is 11.5. The number of Topliss-reactive ketones (excluding diaryl/α,β-unsaturated/α-hetero) is 1. The van der Waals surface area contributed by atoms with Gasteiger partial charge in [0.2, 0.25) is 0 Å². The van der Waals surface area contributed by atoms with Crippen molar-refractivity contribution in [2.75, 3.05) is 6.54 Å². The second kappa shape index (κ2) is 5.83. The van der Waals surface area contributed by atoms with Gasteiger partial charge in [0.25, 0.3) is 0 Å². The van der Waals surface area contributed by atoms with Crippen LogP contribution < -0.4 is 5.73 Å². The zero-order chi connectivity index (χ0) is 13.9. The highest BCUT2D eigenvalue weighted by Gasteiger charge is 2.33. The molecule has 2 rings (SSSR count). The second-order valence-electron chi connectivity index (χ2n) is 5.82. The molecule has 0 atom stereocenters. The van der Waals surface area contributed by atoms with E-state index in [9.17, 15) is 9.18 Å². The summed E-state index contributed by atoms with van der Waals surface area (Å²) in [7, 11) is 0. The molecule has 0 amide bonds. The predicted molar refractivity (Wildman–Crippen MR) is 74.7 cm³/mol. The van der Waals surface area contributed by atoms with Crippen molar-refractivity contribution >= 4 is 5.78 Å². The number of rotatable bonds is 4. The molecule has 2 N–H and O–H groups in total. The average Bonchev–Trinajstić information content (AvgIpc) is 2.42. The molecule has 1 aliphatic carbocycles. The van der Waals surface area contributed by atoms with Crippen molar-refractivity contribution in [3.63, 3.8) is 0 Å². The number of aryl methyl sites for hydroxylation is 1. The van der Waals surface area contributed by atoms with Gasteiger partial charge in [0.1, 0.15) is 5.82 Å². The van der Waals surface area contributed by atoms with Crippen molar-refractivity contribution in [1.29, 1.82) is 0 Å². The van der Waals surface area contributed by atoms with Crippen LogP contribution in [0.15, 0.2) is 18.2 Å². The van der Waals surface area contributed by atoms with Gasteiger partial charge in [0.15, 0.2) is 5.78 Å². The van der Waals surface area contributed by atoms with Gasteiger partial charge in [-0.2, -0.15) is 0 Å². The maximum atomic E-state index is 13.3. The van der Waals surface area contributed by atoms with Gasteiger partial charge in [-0.15, -0.1) is 0 Å². The molecule has 1 fully saturated rings. The van der Waals surface area contributed by atoms with E-state index < -0.39 is 0 Å². The Morgan fingerprint density at radius 3 is 2.63 bits per heavy atom. The van der Waals surface area contributed by atoms with E-state index in [2.05, 4.69) is 0 Å². The predicted octanol–water partition coefficient (Wildman–Crippen LogP) is 3.62. The lowest BCUT2D eigenvalue weighted by Crippen LogP contribution is -2.35. The fourth-order valence-corrected chi connectivity index (χ4v) is 3.09. The number of hydrogen-bond donors (Lipinski definition) is 1. The Bertz CT molecular complexity index is 464. The molecule has 1 saturated carbocycles. The van der Waals surface area contributed by atoms with Crippen molar-refractivity contribution in [1.82, 2.24) is 0 Å². The SMILES string of the molecule is Cc1ccc(F)cc1C(=O)CC1(CN)CCCCC1. The maximum Gasteiger partial charge on any atom is 0.163 e. The van der Waals surface area contributed by atoms with Crippen LogP contribution in [0.5, 0.6) is 0 Å². The summed E-state index contributed by atoms with van der Waals surface area (Å²) in [5.74, 6) is -0.316. The molecule has 0 radical (unpaired) electrons. The van der Waals surface area contributed by atoms with Crippen molar-refractivity contribution in [2.24, 2.45) is 11.1 Å². The Morgan fingerprint density at radius 1 is 1.32 bits per heavy atom. The van der Waals surface area contributed by atoms with Crippen LogP contribution >= 0.6 is 0 Å². The van der Waals surface area contributed by atoms with Crippen LogP contribution in [0.3, 0.4) is 0 Å². The Labute approximate surface area is 114 Å². The topological polar surface area (TPSA) is 43.1 Å². The van der Waals surface area contributed by atoms with Gasteiger partial charge in [-0.25, -0.2) is 4.39 Å². The molecule has 0 aromatic heterocycles. The van der Waals surface area contributed by atoms with Crippen molar-refractivity contribution in [3.8, 4) is 0 Å². The molecule has 3 heteroatoms. The van der Waals surface area contributed by atoms with E-state index in [1.165, 1.54) is 18.6 Å². The Balaban J connectivity index is 2.17. The van der Waals surface area contributed by atoms with Gasteiger partial charge in [0.05, 0.1) is 0 Å². The number of benzene rings is 1. The van der Waals surface area contributed by atoms with Gasteiger partial charge < -0.3 is 5.73 Å². The summed E-state index contributed by atoms with van der Waals surface area (Å²) in [5.41, 5.74) is 7.20. The maximum absolute atomic E-state index is 13.3. The molecule has 0 spiro atoms. The first kappa shape index (κ1) is 14.2. The number of halogens is 1. The molecule has 0 saturated heterocycles. The minimum Gasteiger partial charge on any atom is -0.330 e. The molecule has 1 aromatic rings. The van der Waals surface area contributed by atoms with Crippen LogP contribution in [0.1, 0.15) is 54.4 Å². The standard InChI is InChI=1S/C16H22FNO/c1-12-5-6-13(17)9-14(12)15(19)10-16(11-18)7-3-2-4-8-16/h5-6,9H,2-4,7-8,10-11,18H2,1H3. The van der Waals surface area contributed by atoms with E-state index in [0.29, 0.717) is 18.5 Å². The third-order valence-corrected chi connectivity index (χ3v) is 4.38. The summed E-state index contributed by atoms with van der Waals surface area (Å²) in [5, 5.41) is 0. The fraction of sp³-hybridized carbons (Fsp3) is 0.562. The number of hydrogen-bond acceptors (Lipinski definition) is 2. The van der Waals surface area contributed by atoms with Gasteiger partial charge in [-0.05, 0) is 49.4 Å². The summed E-state index contributed by atoms with van der Waals surface area (Å²) in [6.45, 7) is 2.40. The zero-order valence-electron chi connectivity index (χ0n) is 11.5. The van der Waals surface area contributed by atoms with Crippen molar-refractivity contribution < 1.29 is 9.18 Å². The molecule has 2 nitrogen and oxygen atoms in total. The Hall–Kier alpha value is -1.22. The van der Waals surface area contributed by atoms with E-state index in [0.717, 1.165) is 31.2 Å². The number of carbonyl (C=O) groups is 1. The third kappa shape index (κ3) is 3.21. The summed E-state index contributed by atoms with van der Waals surface area (Å²) < 4.78 is 13.3. The first-order valence-corrected chi connectivity index (χ1v) is 7.06. The second-order valence-corrected chi connectivity index (χ2v) is 5.82. The van der Waals surface area contributed by atoms with Gasteiger partial charge in [-0.1, -0.05) is 25.3 Å². The lowest BCUT2D eigenvalue weighted by atomic mass is 9.70. The number of nitrogens with two attached hydrogens (primary N) is 1. The normalized spacial score (nSPS) is 18.3. The minimum absolute atomic E-state index is 0.0318. The summed E-state index contributed by atoms with van der Waals surface area (Å²) in [4.78, 5) is 12.4. The molecule has 0 aliphatic heterocycles. The van der Waals surface area contributed by atoms with Crippen LogP contribution in [0.25, 0.3) is 0 Å². The molecule has 0 heterocycles. The van der Waals surface area contributed by atoms with Crippen LogP contribution in [-0.4, -0.2) is 12.3 Å². The molecule has 1 aliphatic rings. The highest BCUT2D eigenvalue weighted by Crippen LogP contribution is 2.39. The van der Waals surface area contributed by atoms with E-state index in [4.69, 9.17) is 5.73 Å². The van der Waals surface area contributed by atoms with Gasteiger partial charge in [0, 0.05) is 12.0 Å². The quantitative estimate of drug-likeness (QED) is 0.843. The van der Waals surface area contributed by atoms with Crippen LogP contribution in [-0.2, 0) is 0 Å². The van der Waals surface area contributed by atoms with Crippen molar-refractivity contribution in [2.45, 2.75) is 45.4 Å². The number of ketones is 1. The highest BCUT2D eigenvalue weighted by molar-refractivity contribution is 5.97. The first-order chi connectivity index (χ1) is 9.06. The molecule has 0 bridgehead atoms. The third-order valence-electron chi connectivity index (χ3n) is 4.38. The number of carbonyl (C=O) groups excluding carboxylic acids is 1. The smallest absolute Gasteiger partial charge is 0.163 e. The molecular formula is C16H22FNO. The summed E-state index contributed by atoms with van der Waals surface area (Å²) >= 11 is 0. The lowest BCUT2D eigenvalue weighted by molar-refractivity contribution is 0.0867. The molecule has 19 heavy (non-hydrogen) atoms. The Kier molecular flexibility index (Phi) is 4.35. The average molecular weight is 263 g/mol. The monoisotopic (exact) mass is 263 g/mol. The van der Waals surface area contributed by atoms with E-state index in [1.54, 1.807) is 6.07 Å². The summed E-state index contributed by atoms with van der Waals surface area (Å²) in [6.07, 6.45) is 6.01. The minimum atomic E-state index is -0.348. The molecule has 1 aromatic carbocycles. The largest absolute Gasteiger partial charge is 0.330 e. The van der Waals surface area contributed by atoms with Crippen molar-refractivity contribution in [3.05, 3.63) is 35.1 Å². The van der Waals surface area contributed by atoms with Gasteiger partial charge >= 0.3 is 0 Å². The van der Waals surface area contributed by atoms with Crippen LogP contribution in [0.4, 0.5) is 4.39 Å². The van der Waals surface area contributed by atoms with Crippen LogP contribution in [0, 0.1) is 18.2 Å². The highest BCUT2D eigenvalue weighted by atomic mass is 19.1. The van der Waals surface area contributed by atoms with Crippen LogP contribution in [0.2, 0.25) is 0 Å². The first-order valence-electron chi connectivity index (χ1n) is 7.06. The molecule has 0 unspecified atom stereocenters. The van der Waals surface area contributed by atoms with E-state index >= 15 is 0 Å². The molecule has 104 valence electrons. The van der Waals surface area contributed by atoms with E-state index in [-0.39, 0.29) is 17.0 Å². The lowest BCUT2D eigenvalue weighted by Gasteiger charge is -2.35. The van der Waals surface area contributed by atoms with E-state index in [1.807, 2.05) is 6.92 Å². The molecular weight excluding hydrogens is 241 g/mol.